The Kier molecular flexibility index (Phi) is 4.34. The zero-order valence-corrected chi connectivity index (χ0v) is 12.6. The molecule has 1 fully saturated rings. The zero-order chi connectivity index (χ0) is 14.7. The van der Waals surface area contributed by atoms with Crippen molar-refractivity contribution in [1.82, 2.24) is 15.1 Å². The summed E-state index contributed by atoms with van der Waals surface area (Å²) in [4.78, 5) is 12.3. The van der Waals surface area contributed by atoms with E-state index in [1.54, 1.807) is 0 Å². The largest absolute Gasteiger partial charge is 0.316 e. The molecule has 1 aromatic heterocycles. The van der Waals surface area contributed by atoms with Gasteiger partial charge < -0.3 is 5.32 Å². The number of nitrogens with zero attached hydrogens (tertiary/aromatic N) is 2. The van der Waals surface area contributed by atoms with Gasteiger partial charge in [-0.1, -0.05) is 18.2 Å². The number of fused-ring (bicyclic) bond motifs is 1. The summed E-state index contributed by atoms with van der Waals surface area (Å²) >= 11 is 0. The van der Waals surface area contributed by atoms with Gasteiger partial charge in [0.15, 0.2) is 0 Å². The number of carbonyl (C=O) groups excluding carboxylic acids is 1. The second-order valence-electron chi connectivity index (χ2n) is 5.91. The Morgan fingerprint density at radius 3 is 3.05 bits per heavy atom. The van der Waals surface area contributed by atoms with Crippen LogP contribution in [-0.4, -0.2) is 28.7 Å². The Bertz CT molecular complexity index is 626. The van der Waals surface area contributed by atoms with E-state index in [4.69, 9.17) is 0 Å². The van der Waals surface area contributed by atoms with Crippen molar-refractivity contribution in [3.63, 3.8) is 0 Å². The summed E-state index contributed by atoms with van der Waals surface area (Å²) in [6.45, 7) is 4.99. The summed E-state index contributed by atoms with van der Waals surface area (Å²) < 4.78 is 1.99. The summed E-state index contributed by atoms with van der Waals surface area (Å²) in [5.74, 6) is 0.820. The fraction of sp³-hybridized carbons (Fsp3) is 0.529. The molecule has 2 aromatic rings. The number of ketones is 1. The lowest BCUT2D eigenvalue weighted by atomic mass is 9.92. The quantitative estimate of drug-likeness (QED) is 0.918. The van der Waals surface area contributed by atoms with Crippen molar-refractivity contribution >= 4 is 16.7 Å². The molecule has 4 nitrogen and oxygen atoms in total. The smallest absolute Gasteiger partial charge is 0.139 e. The van der Waals surface area contributed by atoms with Crippen molar-refractivity contribution in [2.24, 2.45) is 5.92 Å². The van der Waals surface area contributed by atoms with Crippen molar-refractivity contribution in [3.8, 4) is 0 Å². The minimum Gasteiger partial charge on any atom is -0.316 e. The Labute approximate surface area is 125 Å². The number of aromatic nitrogens is 2. The van der Waals surface area contributed by atoms with E-state index in [2.05, 4.69) is 29.5 Å². The molecule has 0 radical (unpaired) electrons. The highest BCUT2D eigenvalue weighted by atomic mass is 16.1. The van der Waals surface area contributed by atoms with Crippen LogP contribution in [0.25, 0.3) is 10.9 Å². The third-order valence-electron chi connectivity index (χ3n) is 4.31. The van der Waals surface area contributed by atoms with Gasteiger partial charge in [-0.2, -0.15) is 5.10 Å². The molecule has 1 saturated heterocycles. The molecule has 0 aliphatic carbocycles. The van der Waals surface area contributed by atoms with Crippen molar-refractivity contribution in [2.45, 2.75) is 39.2 Å². The van der Waals surface area contributed by atoms with Gasteiger partial charge in [-0.05, 0) is 44.8 Å². The van der Waals surface area contributed by atoms with Crippen LogP contribution in [0.15, 0.2) is 24.3 Å². The molecule has 0 saturated carbocycles. The maximum atomic E-state index is 12.3. The summed E-state index contributed by atoms with van der Waals surface area (Å²) in [6, 6.07) is 8.18. The Hall–Kier alpha value is -1.68. The van der Waals surface area contributed by atoms with Gasteiger partial charge >= 0.3 is 0 Å². The first-order valence-electron chi connectivity index (χ1n) is 7.94. The SMILES string of the molecule is CCn1nc(CC(=O)CC2CCCNC2)c2ccccc21. The molecular weight excluding hydrogens is 262 g/mol. The number of hydrogen-bond acceptors (Lipinski definition) is 3. The van der Waals surface area contributed by atoms with Crippen LogP contribution < -0.4 is 5.32 Å². The molecule has 1 atom stereocenters. The van der Waals surface area contributed by atoms with Crippen LogP contribution in [0, 0.1) is 5.92 Å². The molecule has 1 aromatic carbocycles. The molecule has 2 heterocycles. The fourth-order valence-corrected chi connectivity index (χ4v) is 3.25. The van der Waals surface area contributed by atoms with Gasteiger partial charge in [0.25, 0.3) is 0 Å². The number of hydrogen-bond donors (Lipinski definition) is 1. The molecule has 1 aliphatic heterocycles. The van der Waals surface area contributed by atoms with E-state index in [0.29, 0.717) is 24.5 Å². The van der Waals surface area contributed by atoms with E-state index in [1.807, 2.05) is 16.8 Å². The van der Waals surface area contributed by atoms with Crippen LogP contribution in [0.4, 0.5) is 0 Å². The maximum Gasteiger partial charge on any atom is 0.139 e. The van der Waals surface area contributed by atoms with Crippen LogP contribution in [0.3, 0.4) is 0 Å². The predicted molar refractivity (Wildman–Crippen MR) is 84.3 cm³/mol. The lowest BCUT2D eigenvalue weighted by Crippen LogP contribution is -2.31. The topological polar surface area (TPSA) is 46.9 Å². The summed E-state index contributed by atoms with van der Waals surface area (Å²) in [7, 11) is 0. The summed E-state index contributed by atoms with van der Waals surface area (Å²) in [5, 5.41) is 9.12. The highest BCUT2D eigenvalue weighted by Gasteiger charge is 2.19. The van der Waals surface area contributed by atoms with Crippen LogP contribution in [0.2, 0.25) is 0 Å². The highest BCUT2D eigenvalue weighted by Crippen LogP contribution is 2.21. The number of rotatable bonds is 5. The van der Waals surface area contributed by atoms with Crippen LogP contribution in [0.5, 0.6) is 0 Å². The first kappa shape index (κ1) is 14.3. The third kappa shape index (κ3) is 3.16. The van der Waals surface area contributed by atoms with Gasteiger partial charge in [-0.15, -0.1) is 0 Å². The maximum absolute atomic E-state index is 12.3. The van der Waals surface area contributed by atoms with Crippen LogP contribution in [-0.2, 0) is 17.8 Å². The lowest BCUT2D eigenvalue weighted by molar-refractivity contribution is -0.119. The van der Waals surface area contributed by atoms with Crippen molar-refractivity contribution in [3.05, 3.63) is 30.0 Å². The van der Waals surface area contributed by atoms with Gasteiger partial charge in [0, 0.05) is 18.4 Å². The van der Waals surface area contributed by atoms with Crippen molar-refractivity contribution in [2.75, 3.05) is 13.1 Å². The third-order valence-corrected chi connectivity index (χ3v) is 4.31. The molecule has 21 heavy (non-hydrogen) atoms. The minimum atomic E-state index is 0.315. The number of aryl methyl sites for hydroxylation is 1. The van der Waals surface area contributed by atoms with Gasteiger partial charge in [0.2, 0.25) is 0 Å². The Balaban J connectivity index is 1.73. The molecule has 4 heteroatoms. The average molecular weight is 285 g/mol. The minimum absolute atomic E-state index is 0.315. The summed E-state index contributed by atoms with van der Waals surface area (Å²) in [5.41, 5.74) is 2.06. The standard InChI is InChI=1S/C17H23N3O/c1-2-20-17-8-4-3-7-15(17)16(19-20)11-14(21)10-13-6-5-9-18-12-13/h3-4,7-8,13,18H,2,5-6,9-12H2,1H3. The van der Waals surface area contributed by atoms with E-state index in [9.17, 15) is 4.79 Å². The number of benzene rings is 1. The summed E-state index contributed by atoms with van der Waals surface area (Å²) in [6.07, 6.45) is 3.50. The van der Waals surface area contributed by atoms with Crippen molar-refractivity contribution in [1.29, 1.82) is 0 Å². The van der Waals surface area contributed by atoms with Crippen LogP contribution in [0.1, 0.15) is 31.9 Å². The molecule has 1 unspecified atom stereocenters. The molecule has 0 bridgehead atoms. The molecule has 1 aliphatic rings. The second-order valence-corrected chi connectivity index (χ2v) is 5.91. The van der Waals surface area contributed by atoms with E-state index in [-0.39, 0.29) is 0 Å². The van der Waals surface area contributed by atoms with E-state index >= 15 is 0 Å². The van der Waals surface area contributed by atoms with Gasteiger partial charge in [-0.3, -0.25) is 9.48 Å². The van der Waals surface area contributed by atoms with Gasteiger partial charge in [0.05, 0.1) is 17.6 Å². The van der Waals surface area contributed by atoms with Gasteiger partial charge in [0.1, 0.15) is 5.78 Å². The molecule has 112 valence electrons. The number of Topliss-reactive ketones (excluding diaryl/α,β-unsaturated/α-hetero) is 1. The second kappa shape index (κ2) is 6.39. The molecule has 0 amide bonds. The average Bonchev–Trinajstić information content (AvgIpc) is 2.86. The highest BCUT2D eigenvalue weighted by molar-refractivity contribution is 5.88. The van der Waals surface area contributed by atoms with Gasteiger partial charge in [-0.25, -0.2) is 0 Å². The Morgan fingerprint density at radius 2 is 2.29 bits per heavy atom. The lowest BCUT2D eigenvalue weighted by Gasteiger charge is -2.21. The van der Waals surface area contributed by atoms with E-state index < -0.39 is 0 Å². The Morgan fingerprint density at radius 1 is 1.43 bits per heavy atom. The first-order valence-corrected chi connectivity index (χ1v) is 7.94. The molecular formula is C17H23N3O. The van der Waals surface area contributed by atoms with E-state index in [1.165, 1.54) is 12.8 Å². The number of carbonyl (C=O) groups is 1. The molecule has 1 N–H and O–H groups in total. The number of para-hydroxylation sites is 1. The fourth-order valence-electron chi connectivity index (χ4n) is 3.25. The van der Waals surface area contributed by atoms with Crippen molar-refractivity contribution < 1.29 is 4.79 Å². The number of nitrogens with one attached hydrogen (secondary N) is 1. The monoisotopic (exact) mass is 285 g/mol. The first-order chi connectivity index (χ1) is 10.3. The molecule has 0 spiro atoms. The predicted octanol–water partition coefficient (Wildman–Crippen LogP) is 2.56. The molecule has 3 rings (SSSR count). The van der Waals surface area contributed by atoms with Crippen LogP contribution >= 0.6 is 0 Å². The van der Waals surface area contributed by atoms with E-state index in [0.717, 1.165) is 36.2 Å². The zero-order valence-electron chi connectivity index (χ0n) is 12.6. The number of piperidine rings is 1. The normalized spacial score (nSPS) is 19.0.